The molecule has 0 radical (unpaired) electrons. The van der Waals surface area contributed by atoms with Crippen molar-refractivity contribution in [1.29, 1.82) is 0 Å². The zero-order valence-electron chi connectivity index (χ0n) is 9.24. The Hall–Kier alpha value is -0.570. The molecule has 1 amide bonds. The molecular formula is C12H20N2O. The minimum atomic E-state index is 0.380. The maximum absolute atomic E-state index is 12.1. The van der Waals surface area contributed by atoms with Crippen molar-refractivity contribution >= 4 is 5.91 Å². The van der Waals surface area contributed by atoms with E-state index in [1.54, 1.807) is 0 Å². The van der Waals surface area contributed by atoms with Gasteiger partial charge in [0.1, 0.15) is 0 Å². The lowest BCUT2D eigenvalue weighted by atomic mass is 9.84. The van der Waals surface area contributed by atoms with Gasteiger partial charge < -0.3 is 10.2 Å². The number of amides is 1. The fraction of sp³-hybridized carbons (Fsp3) is 0.917. The van der Waals surface area contributed by atoms with E-state index in [1.807, 2.05) is 0 Å². The van der Waals surface area contributed by atoms with E-state index >= 15 is 0 Å². The standard InChI is InChI=1S/C12H20N2O/c15-12(9-3-1-4-9)14-7-10-5-2-6-13-11(10)8-14/h9-11,13H,1-8H2/t10-,11+/m0/s1. The van der Waals surface area contributed by atoms with Gasteiger partial charge in [0, 0.05) is 25.0 Å². The van der Waals surface area contributed by atoms with E-state index in [0.29, 0.717) is 17.9 Å². The smallest absolute Gasteiger partial charge is 0.225 e. The summed E-state index contributed by atoms with van der Waals surface area (Å²) in [4.78, 5) is 14.2. The molecule has 2 aliphatic heterocycles. The Kier molecular flexibility index (Phi) is 2.43. The minimum absolute atomic E-state index is 0.380. The second-order valence-electron chi connectivity index (χ2n) is 5.33. The SMILES string of the molecule is O=C(C1CCC1)N1C[C@@H]2CCCN[C@@H]2C1. The van der Waals surface area contributed by atoms with Gasteiger partial charge >= 0.3 is 0 Å². The first kappa shape index (κ1) is 9.64. The minimum Gasteiger partial charge on any atom is -0.341 e. The molecule has 3 rings (SSSR count). The first-order chi connectivity index (χ1) is 7.34. The quantitative estimate of drug-likeness (QED) is 0.697. The van der Waals surface area contributed by atoms with Crippen molar-refractivity contribution in [2.45, 2.75) is 38.1 Å². The van der Waals surface area contributed by atoms with Crippen LogP contribution in [0.1, 0.15) is 32.1 Å². The molecule has 2 atom stereocenters. The van der Waals surface area contributed by atoms with Crippen LogP contribution in [0.3, 0.4) is 0 Å². The molecule has 15 heavy (non-hydrogen) atoms. The van der Waals surface area contributed by atoms with Gasteiger partial charge in [0.25, 0.3) is 0 Å². The summed E-state index contributed by atoms with van der Waals surface area (Å²) >= 11 is 0. The van der Waals surface area contributed by atoms with Gasteiger partial charge in [-0.1, -0.05) is 6.42 Å². The predicted octanol–water partition coefficient (Wildman–Crippen LogP) is 0.997. The molecule has 0 aromatic rings. The summed E-state index contributed by atoms with van der Waals surface area (Å²) in [6.07, 6.45) is 6.13. The van der Waals surface area contributed by atoms with Gasteiger partial charge in [-0.3, -0.25) is 4.79 Å². The Morgan fingerprint density at radius 2 is 2.00 bits per heavy atom. The van der Waals surface area contributed by atoms with Crippen molar-refractivity contribution in [2.24, 2.45) is 11.8 Å². The highest BCUT2D eigenvalue weighted by molar-refractivity contribution is 5.80. The second-order valence-corrected chi connectivity index (χ2v) is 5.33. The van der Waals surface area contributed by atoms with Crippen LogP contribution in [-0.2, 0) is 4.79 Å². The van der Waals surface area contributed by atoms with E-state index in [1.165, 1.54) is 19.3 Å². The molecule has 3 fully saturated rings. The highest BCUT2D eigenvalue weighted by Gasteiger charge is 2.39. The van der Waals surface area contributed by atoms with Crippen LogP contribution in [0.2, 0.25) is 0 Å². The number of fused-ring (bicyclic) bond motifs is 1. The molecule has 84 valence electrons. The monoisotopic (exact) mass is 208 g/mol. The van der Waals surface area contributed by atoms with Gasteiger partial charge in [-0.05, 0) is 38.1 Å². The Balaban J connectivity index is 1.61. The molecule has 1 N–H and O–H groups in total. The molecule has 0 aromatic heterocycles. The van der Waals surface area contributed by atoms with Gasteiger partial charge in [0.15, 0.2) is 0 Å². The molecule has 2 saturated heterocycles. The number of rotatable bonds is 1. The Morgan fingerprint density at radius 3 is 2.67 bits per heavy atom. The number of piperidine rings is 1. The van der Waals surface area contributed by atoms with Gasteiger partial charge in [-0.25, -0.2) is 0 Å². The highest BCUT2D eigenvalue weighted by atomic mass is 16.2. The summed E-state index contributed by atoms with van der Waals surface area (Å²) in [7, 11) is 0. The van der Waals surface area contributed by atoms with Crippen LogP contribution >= 0.6 is 0 Å². The average molecular weight is 208 g/mol. The molecule has 0 bridgehead atoms. The van der Waals surface area contributed by atoms with Gasteiger partial charge in [-0.2, -0.15) is 0 Å². The first-order valence-corrected chi connectivity index (χ1v) is 6.37. The molecule has 0 spiro atoms. The van der Waals surface area contributed by atoms with Crippen molar-refractivity contribution in [3.8, 4) is 0 Å². The molecule has 1 aliphatic carbocycles. The summed E-state index contributed by atoms with van der Waals surface area (Å²) < 4.78 is 0. The van der Waals surface area contributed by atoms with E-state index in [2.05, 4.69) is 10.2 Å². The van der Waals surface area contributed by atoms with Crippen LogP contribution < -0.4 is 5.32 Å². The number of carbonyl (C=O) groups is 1. The van der Waals surface area contributed by atoms with Crippen LogP contribution in [0.15, 0.2) is 0 Å². The number of likely N-dealkylation sites (tertiary alicyclic amines) is 1. The topological polar surface area (TPSA) is 32.3 Å². The number of hydrogen-bond donors (Lipinski definition) is 1. The largest absolute Gasteiger partial charge is 0.341 e. The molecule has 1 saturated carbocycles. The van der Waals surface area contributed by atoms with Gasteiger partial charge in [0.2, 0.25) is 5.91 Å². The highest BCUT2D eigenvalue weighted by Crippen LogP contribution is 2.32. The van der Waals surface area contributed by atoms with Gasteiger partial charge in [-0.15, -0.1) is 0 Å². The molecule has 3 aliphatic rings. The van der Waals surface area contributed by atoms with Crippen molar-refractivity contribution in [2.75, 3.05) is 19.6 Å². The normalized spacial score (nSPS) is 36.1. The molecule has 2 heterocycles. The molecule has 0 aromatic carbocycles. The zero-order valence-corrected chi connectivity index (χ0v) is 9.24. The number of nitrogens with one attached hydrogen (secondary N) is 1. The van der Waals surface area contributed by atoms with Crippen LogP contribution in [0.25, 0.3) is 0 Å². The van der Waals surface area contributed by atoms with Crippen LogP contribution in [0, 0.1) is 11.8 Å². The third kappa shape index (κ3) is 1.67. The summed E-state index contributed by atoms with van der Waals surface area (Å²) in [5.41, 5.74) is 0. The lowest BCUT2D eigenvalue weighted by molar-refractivity contribution is -0.137. The summed E-state index contributed by atoms with van der Waals surface area (Å²) in [6, 6.07) is 0.600. The third-order valence-electron chi connectivity index (χ3n) is 4.37. The predicted molar refractivity (Wildman–Crippen MR) is 58.4 cm³/mol. The third-order valence-corrected chi connectivity index (χ3v) is 4.37. The van der Waals surface area contributed by atoms with E-state index in [9.17, 15) is 4.79 Å². The second kappa shape index (κ2) is 3.78. The van der Waals surface area contributed by atoms with Crippen molar-refractivity contribution in [3.63, 3.8) is 0 Å². The molecular weight excluding hydrogens is 188 g/mol. The summed E-state index contributed by atoms with van der Waals surface area (Å²) in [5, 5.41) is 3.55. The van der Waals surface area contributed by atoms with Crippen LogP contribution in [0.4, 0.5) is 0 Å². The van der Waals surface area contributed by atoms with Gasteiger partial charge in [0.05, 0.1) is 0 Å². The number of nitrogens with zero attached hydrogens (tertiary/aromatic N) is 1. The maximum Gasteiger partial charge on any atom is 0.225 e. The average Bonchev–Trinajstić information content (AvgIpc) is 2.58. The van der Waals surface area contributed by atoms with Crippen molar-refractivity contribution < 1.29 is 4.79 Å². The van der Waals surface area contributed by atoms with Crippen molar-refractivity contribution in [3.05, 3.63) is 0 Å². The van der Waals surface area contributed by atoms with Crippen LogP contribution in [-0.4, -0.2) is 36.5 Å². The molecule has 0 unspecified atom stereocenters. The first-order valence-electron chi connectivity index (χ1n) is 6.37. The van der Waals surface area contributed by atoms with E-state index in [-0.39, 0.29) is 0 Å². The number of hydrogen-bond acceptors (Lipinski definition) is 2. The Bertz CT molecular complexity index is 248. The van der Waals surface area contributed by atoms with E-state index in [4.69, 9.17) is 0 Å². The summed E-state index contributed by atoms with van der Waals surface area (Å²) in [5.74, 6) is 1.56. The van der Waals surface area contributed by atoms with Crippen LogP contribution in [0.5, 0.6) is 0 Å². The molecule has 3 heteroatoms. The lowest BCUT2D eigenvalue weighted by Crippen LogP contribution is -2.42. The maximum atomic E-state index is 12.1. The van der Waals surface area contributed by atoms with Crippen molar-refractivity contribution in [1.82, 2.24) is 10.2 Å². The summed E-state index contributed by atoms with van der Waals surface area (Å²) in [6.45, 7) is 3.14. The Labute approximate surface area is 91.2 Å². The Morgan fingerprint density at radius 1 is 1.13 bits per heavy atom. The zero-order chi connectivity index (χ0) is 10.3. The lowest BCUT2D eigenvalue weighted by Gasteiger charge is -2.29. The fourth-order valence-corrected chi connectivity index (χ4v) is 3.14. The van der Waals surface area contributed by atoms with E-state index in [0.717, 1.165) is 38.4 Å². The number of carbonyl (C=O) groups excluding carboxylic acids is 1. The fourth-order valence-electron chi connectivity index (χ4n) is 3.14. The molecule has 3 nitrogen and oxygen atoms in total. The van der Waals surface area contributed by atoms with E-state index < -0.39 is 0 Å².